The predicted molar refractivity (Wildman–Crippen MR) is 141 cm³/mol. The van der Waals surface area contributed by atoms with Crippen molar-refractivity contribution in [2.24, 2.45) is 0 Å². The van der Waals surface area contributed by atoms with Gasteiger partial charge in [-0.25, -0.2) is 0 Å². The van der Waals surface area contributed by atoms with E-state index in [0.717, 1.165) is 34.9 Å². The van der Waals surface area contributed by atoms with Gasteiger partial charge in [0.1, 0.15) is 24.1 Å². The second-order valence-corrected chi connectivity index (χ2v) is 9.67. The highest BCUT2D eigenvalue weighted by atomic mass is 16.5. The third-order valence-electron chi connectivity index (χ3n) is 7.12. The van der Waals surface area contributed by atoms with Crippen molar-refractivity contribution in [1.82, 2.24) is 15.2 Å². The van der Waals surface area contributed by atoms with Crippen molar-refractivity contribution in [3.05, 3.63) is 83.1 Å². The van der Waals surface area contributed by atoms with Crippen LogP contribution in [0.5, 0.6) is 5.75 Å². The van der Waals surface area contributed by atoms with Crippen LogP contribution in [0.2, 0.25) is 0 Å². The molecule has 0 spiro atoms. The van der Waals surface area contributed by atoms with E-state index in [1.54, 1.807) is 24.3 Å². The van der Waals surface area contributed by atoms with E-state index < -0.39 is 11.9 Å². The minimum Gasteiger partial charge on any atom is -0.488 e. The van der Waals surface area contributed by atoms with Crippen molar-refractivity contribution in [2.45, 2.75) is 38.3 Å². The smallest absolute Gasteiger partial charge is 0.272 e. The van der Waals surface area contributed by atoms with E-state index in [0.29, 0.717) is 35.7 Å². The quantitative estimate of drug-likeness (QED) is 0.435. The average molecular weight is 511 g/mol. The minimum atomic E-state index is -0.682. The summed E-state index contributed by atoms with van der Waals surface area (Å²) < 4.78 is 6.05. The van der Waals surface area contributed by atoms with Crippen LogP contribution in [0.15, 0.2) is 66.3 Å². The Morgan fingerprint density at radius 2 is 2.00 bits per heavy atom. The summed E-state index contributed by atoms with van der Waals surface area (Å²) in [5.74, 6) is -0.659. The fourth-order valence-corrected chi connectivity index (χ4v) is 5.16. The van der Waals surface area contributed by atoms with Gasteiger partial charge >= 0.3 is 0 Å². The molecule has 0 saturated carbocycles. The summed E-state index contributed by atoms with van der Waals surface area (Å²) in [5.41, 5.74) is 4.06. The molecule has 4 amide bonds. The summed E-state index contributed by atoms with van der Waals surface area (Å²) in [6.45, 7) is 0.703. The topological polar surface area (TPSA) is 121 Å². The number of amides is 4. The van der Waals surface area contributed by atoms with Gasteiger partial charge < -0.3 is 19.9 Å². The van der Waals surface area contributed by atoms with Gasteiger partial charge in [0.2, 0.25) is 11.8 Å². The highest BCUT2D eigenvalue weighted by molar-refractivity contribution is 6.08. The third-order valence-corrected chi connectivity index (χ3v) is 7.12. The molecule has 1 aliphatic carbocycles. The van der Waals surface area contributed by atoms with Crippen LogP contribution in [0.25, 0.3) is 10.9 Å². The van der Waals surface area contributed by atoms with Crippen LogP contribution in [0.1, 0.15) is 52.1 Å². The van der Waals surface area contributed by atoms with E-state index in [1.807, 2.05) is 18.2 Å². The molecule has 192 valence electrons. The molecule has 0 bridgehead atoms. The largest absolute Gasteiger partial charge is 0.488 e. The number of carbonyl (C=O) groups excluding carboxylic acids is 4. The molecule has 9 nitrogen and oxygen atoms in total. The summed E-state index contributed by atoms with van der Waals surface area (Å²) in [6, 6.07) is 11.8. The van der Waals surface area contributed by atoms with Crippen LogP contribution < -0.4 is 15.4 Å². The number of carbonyl (C=O) groups is 4. The maximum atomic E-state index is 13.1. The van der Waals surface area contributed by atoms with Crippen molar-refractivity contribution < 1.29 is 23.9 Å². The molecule has 1 aromatic heterocycles. The Balaban J connectivity index is 1.16. The first kappa shape index (κ1) is 23.7. The van der Waals surface area contributed by atoms with Gasteiger partial charge in [0.15, 0.2) is 0 Å². The molecule has 2 aromatic carbocycles. The third kappa shape index (κ3) is 4.47. The molecular formula is C29H26N4O5. The molecule has 2 aliphatic heterocycles. The zero-order valence-electron chi connectivity index (χ0n) is 20.6. The second kappa shape index (κ2) is 9.66. The lowest BCUT2D eigenvalue weighted by Gasteiger charge is -2.29. The minimum absolute atomic E-state index is 0.198. The number of H-pyrrole nitrogens is 1. The molecule has 3 aliphatic rings. The Labute approximate surface area is 218 Å². The first-order chi connectivity index (χ1) is 18.5. The molecule has 0 radical (unpaired) electrons. The maximum absolute atomic E-state index is 13.1. The van der Waals surface area contributed by atoms with Crippen molar-refractivity contribution in [2.75, 3.05) is 11.9 Å². The van der Waals surface area contributed by atoms with Gasteiger partial charge in [-0.2, -0.15) is 0 Å². The first-order valence-electron chi connectivity index (χ1n) is 12.7. The number of aromatic nitrogens is 1. The molecule has 6 rings (SSSR count). The van der Waals surface area contributed by atoms with Crippen LogP contribution in [0, 0.1) is 0 Å². The Bertz CT molecular complexity index is 1550. The molecule has 3 aromatic rings. The average Bonchev–Trinajstić information content (AvgIpc) is 3.50. The molecule has 1 unspecified atom stereocenters. The maximum Gasteiger partial charge on any atom is 0.272 e. The van der Waals surface area contributed by atoms with E-state index >= 15 is 0 Å². The number of imide groups is 1. The normalized spacial score (nSPS) is 18.8. The van der Waals surface area contributed by atoms with Gasteiger partial charge in [-0.15, -0.1) is 0 Å². The van der Waals surface area contributed by atoms with Crippen LogP contribution in [0.4, 0.5) is 5.69 Å². The number of ether oxygens (including phenoxy) is 1. The molecule has 9 heteroatoms. The highest BCUT2D eigenvalue weighted by Gasteiger charge is 2.39. The lowest BCUT2D eigenvalue weighted by Crippen LogP contribution is -2.52. The molecule has 38 heavy (non-hydrogen) atoms. The van der Waals surface area contributed by atoms with E-state index in [-0.39, 0.29) is 30.7 Å². The van der Waals surface area contributed by atoms with E-state index in [4.69, 9.17) is 4.74 Å². The van der Waals surface area contributed by atoms with E-state index in [1.165, 1.54) is 4.90 Å². The number of fused-ring (bicyclic) bond motifs is 2. The Hall–Kier alpha value is -4.66. The standard InChI is InChI=1S/C29H26N4O5/c34-26-12-11-24(28(36)32-26)33-15-18-13-19(9-10-20(18)29(33)37)30-27(35)23-14-21-22(31-23)7-4-8-25(21)38-16-17-5-2-1-3-6-17/h2,4-10,13-14,24,31H,1,3,11-12,15-16H2,(H,30,35)(H,32,34,36). The molecular weight excluding hydrogens is 484 g/mol. The zero-order chi connectivity index (χ0) is 26.2. The lowest BCUT2D eigenvalue weighted by molar-refractivity contribution is -0.136. The summed E-state index contributed by atoms with van der Waals surface area (Å²) in [5, 5.41) is 6.01. The molecule has 3 heterocycles. The fraction of sp³-hybridized carbons (Fsp3) is 0.241. The molecule has 1 fully saturated rings. The lowest BCUT2D eigenvalue weighted by atomic mass is 10.0. The SMILES string of the molecule is O=C1CCC(N2Cc3cc(NC(=O)c4cc5c(OCC6=CCCC=C6)cccc5[nH]4)ccc3C2=O)C(=O)N1. The number of aromatic amines is 1. The Morgan fingerprint density at radius 1 is 1.11 bits per heavy atom. The molecule has 1 atom stereocenters. The number of anilines is 1. The first-order valence-corrected chi connectivity index (χ1v) is 12.7. The number of hydrogen-bond donors (Lipinski definition) is 3. The van der Waals surface area contributed by atoms with Crippen LogP contribution in [-0.2, 0) is 16.1 Å². The Morgan fingerprint density at radius 3 is 2.82 bits per heavy atom. The highest BCUT2D eigenvalue weighted by Crippen LogP contribution is 2.31. The number of nitrogens with one attached hydrogen (secondary N) is 3. The number of hydrogen-bond acceptors (Lipinski definition) is 5. The summed E-state index contributed by atoms with van der Waals surface area (Å²) in [7, 11) is 0. The Kier molecular flexibility index (Phi) is 6.03. The van der Waals surface area contributed by atoms with Gasteiger partial charge in [-0.3, -0.25) is 24.5 Å². The number of allylic oxidation sites excluding steroid dienone is 2. The number of nitrogens with zero attached hydrogens (tertiary/aromatic N) is 1. The second-order valence-electron chi connectivity index (χ2n) is 9.67. The van der Waals surface area contributed by atoms with Crippen LogP contribution >= 0.6 is 0 Å². The van der Waals surface area contributed by atoms with Gasteiger partial charge in [-0.05, 0) is 66.8 Å². The zero-order valence-corrected chi connectivity index (χ0v) is 20.6. The summed E-state index contributed by atoms with van der Waals surface area (Å²) in [6.07, 6.45) is 8.95. The van der Waals surface area contributed by atoms with Crippen LogP contribution in [0.3, 0.4) is 0 Å². The van der Waals surface area contributed by atoms with Gasteiger partial charge in [0.25, 0.3) is 11.8 Å². The van der Waals surface area contributed by atoms with E-state index in [9.17, 15) is 19.2 Å². The monoisotopic (exact) mass is 510 g/mol. The van der Waals surface area contributed by atoms with Gasteiger partial charge in [0.05, 0.1) is 0 Å². The summed E-state index contributed by atoms with van der Waals surface area (Å²) >= 11 is 0. The van der Waals surface area contributed by atoms with Gasteiger partial charge in [0, 0.05) is 35.1 Å². The summed E-state index contributed by atoms with van der Waals surface area (Å²) in [4.78, 5) is 54.4. The van der Waals surface area contributed by atoms with E-state index in [2.05, 4.69) is 33.8 Å². The molecule has 3 N–H and O–H groups in total. The number of piperidine rings is 1. The number of benzene rings is 2. The van der Waals surface area contributed by atoms with Crippen molar-refractivity contribution in [1.29, 1.82) is 0 Å². The van der Waals surface area contributed by atoms with Crippen molar-refractivity contribution >= 4 is 40.2 Å². The number of rotatable bonds is 6. The van der Waals surface area contributed by atoms with Crippen molar-refractivity contribution in [3.63, 3.8) is 0 Å². The predicted octanol–water partition coefficient (Wildman–Crippen LogP) is 3.84. The van der Waals surface area contributed by atoms with Gasteiger partial charge in [-0.1, -0.05) is 24.3 Å². The fourth-order valence-electron chi connectivity index (χ4n) is 5.16. The molecule has 1 saturated heterocycles. The van der Waals surface area contributed by atoms with Crippen molar-refractivity contribution in [3.8, 4) is 5.75 Å². The van der Waals surface area contributed by atoms with Crippen LogP contribution in [-0.4, -0.2) is 46.2 Å².